The molecule has 0 heterocycles. The Kier molecular flexibility index (Phi) is 32.4. The number of carboxylic acids is 1. The van der Waals surface area contributed by atoms with Crippen LogP contribution in [0.3, 0.4) is 0 Å². The molecule has 0 rings (SSSR count). The van der Waals surface area contributed by atoms with Crippen molar-refractivity contribution in [2.24, 2.45) is 0 Å². The zero-order chi connectivity index (χ0) is 37.1. The SMILES string of the molecule is CCCCC/C=C\C/C=C\CCCCCCCCCCCC(=O)OC(COC(=O)CCCCCCCC)COC(OCC[N+](C)(C)C)C(=O)[O-]. The number of ether oxygens (including phenoxy) is 4. The number of carbonyl (C=O) groups excluding carboxylic acids is 3. The molecule has 50 heavy (non-hydrogen) atoms. The first kappa shape index (κ1) is 47.8. The van der Waals surface area contributed by atoms with E-state index in [-0.39, 0.29) is 38.6 Å². The summed E-state index contributed by atoms with van der Waals surface area (Å²) in [4.78, 5) is 36.6. The highest BCUT2D eigenvalue weighted by atomic mass is 16.7. The van der Waals surface area contributed by atoms with Gasteiger partial charge < -0.3 is 33.3 Å². The number of rotatable bonds is 36. The Balaban J connectivity index is 4.35. The molecule has 0 bridgehead atoms. The molecule has 0 radical (unpaired) electrons. The number of unbranched alkanes of at least 4 members (excludes halogenated alkanes) is 17. The van der Waals surface area contributed by atoms with E-state index >= 15 is 0 Å². The standard InChI is InChI=1S/C41H75NO8/c1-6-8-10-12-14-15-16-17-18-19-20-21-22-23-24-25-26-28-30-32-39(44)50-37(35-48-38(43)31-29-27-13-11-9-7-2)36-49-41(40(45)46)47-34-33-42(3,4)5/h14-15,17-18,37,41H,6-13,16,19-36H2,1-5H3/b15-14-,18-17-. The van der Waals surface area contributed by atoms with E-state index in [4.69, 9.17) is 18.9 Å². The first-order valence-corrected chi connectivity index (χ1v) is 20.0. The van der Waals surface area contributed by atoms with Gasteiger partial charge in [0.15, 0.2) is 12.4 Å². The highest BCUT2D eigenvalue weighted by Gasteiger charge is 2.21. The van der Waals surface area contributed by atoms with Crippen LogP contribution >= 0.6 is 0 Å². The first-order valence-electron chi connectivity index (χ1n) is 20.0. The Morgan fingerprint density at radius 2 is 1.08 bits per heavy atom. The molecule has 0 aliphatic carbocycles. The predicted octanol–water partition coefficient (Wildman–Crippen LogP) is 8.38. The van der Waals surface area contributed by atoms with E-state index in [0.29, 0.717) is 17.4 Å². The molecule has 0 saturated heterocycles. The predicted molar refractivity (Wildman–Crippen MR) is 200 cm³/mol. The van der Waals surface area contributed by atoms with Crippen LogP contribution in [0.4, 0.5) is 0 Å². The van der Waals surface area contributed by atoms with Crippen molar-refractivity contribution in [3.05, 3.63) is 24.3 Å². The van der Waals surface area contributed by atoms with Gasteiger partial charge in [0.05, 0.1) is 40.3 Å². The fourth-order valence-corrected chi connectivity index (χ4v) is 5.27. The fourth-order valence-electron chi connectivity index (χ4n) is 5.27. The van der Waals surface area contributed by atoms with Crippen molar-refractivity contribution in [2.75, 3.05) is 47.5 Å². The van der Waals surface area contributed by atoms with Crippen LogP contribution in [0, 0.1) is 0 Å². The van der Waals surface area contributed by atoms with Gasteiger partial charge in [-0.05, 0) is 44.9 Å². The summed E-state index contributed by atoms with van der Waals surface area (Å²) in [7, 11) is 5.89. The van der Waals surface area contributed by atoms with Gasteiger partial charge in [-0.25, -0.2) is 0 Å². The molecule has 2 atom stereocenters. The quantitative estimate of drug-likeness (QED) is 0.0210. The number of carbonyl (C=O) groups is 3. The van der Waals surface area contributed by atoms with Crippen molar-refractivity contribution in [3.63, 3.8) is 0 Å². The molecule has 9 nitrogen and oxygen atoms in total. The molecule has 292 valence electrons. The summed E-state index contributed by atoms with van der Waals surface area (Å²) in [5.74, 6) is -2.30. The van der Waals surface area contributed by atoms with Gasteiger partial charge in [0, 0.05) is 12.8 Å². The van der Waals surface area contributed by atoms with Crippen molar-refractivity contribution in [1.29, 1.82) is 0 Å². The van der Waals surface area contributed by atoms with E-state index in [1.54, 1.807) is 0 Å². The zero-order valence-corrected chi connectivity index (χ0v) is 32.8. The van der Waals surface area contributed by atoms with Gasteiger partial charge in [0.2, 0.25) is 0 Å². The lowest BCUT2D eigenvalue weighted by Gasteiger charge is -2.26. The number of aliphatic carboxylic acids is 1. The van der Waals surface area contributed by atoms with E-state index in [9.17, 15) is 19.5 Å². The van der Waals surface area contributed by atoms with Gasteiger partial charge in [-0.3, -0.25) is 9.59 Å². The van der Waals surface area contributed by atoms with Crippen molar-refractivity contribution < 1.29 is 42.9 Å². The van der Waals surface area contributed by atoms with Gasteiger partial charge in [-0.15, -0.1) is 0 Å². The fraction of sp³-hybridized carbons (Fsp3) is 0.829. The summed E-state index contributed by atoms with van der Waals surface area (Å²) in [6.45, 7) is 4.63. The minimum absolute atomic E-state index is 0.148. The van der Waals surface area contributed by atoms with Crippen molar-refractivity contribution >= 4 is 17.9 Å². The van der Waals surface area contributed by atoms with E-state index in [0.717, 1.165) is 57.8 Å². The van der Waals surface area contributed by atoms with Crippen molar-refractivity contribution in [1.82, 2.24) is 0 Å². The molecular weight excluding hydrogens is 634 g/mol. The summed E-state index contributed by atoms with van der Waals surface area (Å²) in [6.07, 6.45) is 30.9. The van der Waals surface area contributed by atoms with Gasteiger partial charge in [-0.2, -0.15) is 0 Å². The molecule has 0 aromatic heterocycles. The van der Waals surface area contributed by atoms with Crippen LogP contribution in [0.5, 0.6) is 0 Å². The zero-order valence-electron chi connectivity index (χ0n) is 32.8. The third-order valence-electron chi connectivity index (χ3n) is 8.45. The molecule has 0 N–H and O–H groups in total. The van der Waals surface area contributed by atoms with Crippen LogP contribution in [0.15, 0.2) is 24.3 Å². The molecule has 9 heteroatoms. The highest BCUT2D eigenvalue weighted by Crippen LogP contribution is 2.13. The molecular formula is C41H75NO8. The Labute approximate surface area is 306 Å². The number of carboxylic acid groups (broad SMARTS) is 1. The van der Waals surface area contributed by atoms with Crippen LogP contribution in [0.1, 0.15) is 162 Å². The topological polar surface area (TPSA) is 111 Å². The highest BCUT2D eigenvalue weighted by molar-refractivity contribution is 5.70. The maximum atomic E-state index is 12.7. The summed E-state index contributed by atoms with van der Waals surface area (Å²) >= 11 is 0. The molecule has 0 amide bonds. The molecule has 0 spiro atoms. The number of nitrogens with zero attached hydrogens (tertiary/aromatic N) is 1. The van der Waals surface area contributed by atoms with Crippen molar-refractivity contribution in [2.45, 2.75) is 174 Å². The summed E-state index contributed by atoms with van der Waals surface area (Å²) < 4.78 is 22.4. The molecule has 0 fully saturated rings. The van der Waals surface area contributed by atoms with Gasteiger partial charge in [-0.1, -0.05) is 128 Å². The normalized spacial score (nSPS) is 13.2. The summed E-state index contributed by atoms with van der Waals surface area (Å²) in [5, 5.41) is 11.6. The van der Waals surface area contributed by atoms with E-state index in [1.807, 2.05) is 21.1 Å². The third kappa shape index (κ3) is 34.2. The number of allylic oxidation sites excluding steroid dienone is 4. The van der Waals surface area contributed by atoms with Crippen LogP contribution in [0.25, 0.3) is 0 Å². The van der Waals surface area contributed by atoms with Gasteiger partial charge >= 0.3 is 11.9 Å². The number of likely N-dealkylation sites (N-methyl/N-ethyl adjacent to an activating group) is 1. The molecule has 0 saturated carbocycles. The van der Waals surface area contributed by atoms with Crippen LogP contribution in [-0.4, -0.2) is 82.3 Å². The second-order valence-corrected chi connectivity index (χ2v) is 14.6. The van der Waals surface area contributed by atoms with E-state index in [2.05, 4.69) is 38.2 Å². The second-order valence-electron chi connectivity index (χ2n) is 14.6. The molecule has 0 aliphatic rings. The lowest BCUT2D eigenvalue weighted by atomic mass is 10.1. The monoisotopic (exact) mass is 710 g/mol. The number of esters is 2. The number of hydrogen-bond donors (Lipinski definition) is 0. The second kappa shape index (κ2) is 33.9. The largest absolute Gasteiger partial charge is 0.545 e. The van der Waals surface area contributed by atoms with Gasteiger partial charge in [0.1, 0.15) is 13.2 Å². The summed E-state index contributed by atoms with van der Waals surface area (Å²) in [6, 6.07) is 0. The third-order valence-corrected chi connectivity index (χ3v) is 8.45. The lowest BCUT2D eigenvalue weighted by molar-refractivity contribution is -0.870. The Bertz CT molecular complexity index is 882. The average molecular weight is 710 g/mol. The van der Waals surface area contributed by atoms with Crippen LogP contribution < -0.4 is 5.11 Å². The Morgan fingerprint density at radius 3 is 1.62 bits per heavy atom. The van der Waals surface area contributed by atoms with Crippen LogP contribution in [0.2, 0.25) is 0 Å². The number of quaternary nitrogens is 1. The minimum atomic E-state index is -1.62. The smallest absolute Gasteiger partial charge is 0.306 e. The maximum absolute atomic E-state index is 12.7. The maximum Gasteiger partial charge on any atom is 0.306 e. The molecule has 2 unspecified atom stereocenters. The first-order chi connectivity index (χ1) is 24.1. The Hall–Kier alpha value is -2.23. The lowest BCUT2D eigenvalue weighted by Crippen LogP contribution is -2.44. The average Bonchev–Trinajstić information content (AvgIpc) is 3.06. The van der Waals surface area contributed by atoms with Gasteiger partial charge in [0.25, 0.3) is 0 Å². The van der Waals surface area contributed by atoms with Crippen molar-refractivity contribution in [3.8, 4) is 0 Å². The molecule has 0 aromatic rings. The minimum Gasteiger partial charge on any atom is -0.545 e. The number of hydrogen-bond acceptors (Lipinski definition) is 8. The summed E-state index contributed by atoms with van der Waals surface area (Å²) in [5.41, 5.74) is 0. The molecule has 0 aliphatic heterocycles. The molecule has 0 aromatic carbocycles. The Morgan fingerprint density at radius 1 is 0.600 bits per heavy atom. The van der Waals surface area contributed by atoms with Crippen LogP contribution in [-0.2, 0) is 33.3 Å². The van der Waals surface area contributed by atoms with E-state index in [1.165, 1.54) is 70.6 Å². The van der Waals surface area contributed by atoms with E-state index < -0.39 is 24.3 Å².